The highest BCUT2D eigenvalue weighted by molar-refractivity contribution is 14.1. The van der Waals surface area contributed by atoms with E-state index in [0.717, 1.165) is 6.07 Å². The maximum atomic E-state index is 12.5. The van der Waals surface area contributed by atoms with Gasteiger partial charge in [-0.2, -0.15) is 9.65 Å². The quantitative estimate of drug-likeness (QED) is 0.590. The summed E-state index contributed by atoms with van der Waals surface area (Å²) in [6.07, 6.45) is -2.93. The molecule has 1 aromatic heterocycles. The summed E-state index contributed by atoms with van der Waals surface area (Å²) < 4.78 is 37.1. The molecule has 0 aliphatic carbocycles. The van der Waals surface area contributed by atoms with E-state index in [-0.39, 0.29) is 9.13 Å². The van der Waals surface area contributed by atoms with Crippen molar-refractivity contribution in [1.29, 1.82) is 5.26 Å². The second-order valence-corrected chi connectivity index (χ2v) is 3.26. The summed E-state index contributed by atoms with van der Waals surface area (Å²) in [5, 5.41) is 8.49. The third-order valence-corrected chi connectivity index (χ3v) is 2.14. The van der Waals surface area contributed by atoms with Gasteiger partial charge in [0.05, 0.1) is 5.56 Å². The molecule has 0 amide bonds. The maximum absolute atomic E-state index is 12.5. The van der Waals surface area contributed by atoms with E-state index in [2.05, 4.69) is 4.98 Å². The molecule has 0 aliphatic rings. The Kier molecular flexibility index (Phi) is 3.08. The van der Waals surface area contributed by atoms with Crippen molar-refractivity contribution in [3.05, 3.63) is 26.8 Å². The first-order valence-electron chi connectivity index (χ1n) is 3.10. The molecular weight excluding hydrogens is 296 g/mol. The zero-order valence-electron chi connectivity index (χ0n) is 6.06. The molecular formula is C7H2F3IN2. The predicted octanol–water partition coefficient (Wildman–Crippen LogP) is 2.63. The summed E-state index contributed by atoms with van der Waals surface area (Å²) in [7, 11) is 0. The van der Waals surface area contributed by atoms with Crippen molar-refractivity contribution in [2.45, 2.75) is 6.43 Å². The fraction of sp³-hybridized carbons (Fsp3) is 0.143. The minimum Gasteiger partial charge on any atom is -0.217 e. The SMILES string of the molecule is N#Cc1c(I)cc(F)nc1C(F)F. The second kappa shape index (κ2) is 3.91. The highest BCUT2D eigenvalue weighted by atomic mass is 127. The lowest BCUT2D eigenvalue weighted by Gasteiger charge is -2.02. The van der Waals surface area contributed by atoms with Gasteiger partial charge in [0.15, 0.2) is 0 Å². The van der Waals surface area contributed by atoms with Gasteiger partial charge in [0.2, 0.25) is 5.95 Å². The van der Waals surface area contributed by atoms with E-state index in [4.69, 9.17) is 5.26 Å². The van der Waals surface area contributed by atoms with E-state index in [0.29, 0.717) is 0 Å². The van der Waals surface area contributed by atoms with Gasteiger partial charge in [0.1, 0.15) is 11.8 Å². The van der Waals surface area contributed by atoms with Crippen molar-refractivity contribution in [2.24, 2.45) is 0 Å². The van der Waals surface area contributed by atoms with Crippen LogP contribution >= 0.6 is 22.6 Å². The first kappa shape index (κ1) is 10.2. The molecule has 0 spiro atoms. The lowest BCUT2D eigenvalue weighted by Crippen LogP contribution is -2.00. The summed E-state index contributed by atoms with van der Waals surface area (Å²) in [6, 6.07) is 2.49. The second-order valence-electron chi connectivity index (χ2n) is 2.10. The first-order chi connectivity index (χ1) is 6.06. The van der Waals surface area contributed by atoms with Crippen LogP contribution in [0.25, 0.3) is 0 Å². The van der Waals surface area contributed by atoms with Gasteiger partial charge in [0.25, 0.3) is 6.43 Å². The number of aromatic nitrogens is 1. The zero-order valence-corrected chi connectivity index (χ0v) is 8.22. The smallest absolute Gasteiger partial charge is 0.217 e. The van der Waals surface area contributed by atoms with E-state index in [1.54, 1.807) is 28.7 Å². The molecule has 0 aromatic carbocycles. The summed E-state index contributed by atoms with van der Waals surface area (Å²) in [6.45, 7) is 0. The molecule has 0 saturated heterocycles. The van der Waals surface area contributed by atoms with Gasteiger partial charge < -0.3 is 0 Å². The van der Waals surface area contributed by atoms with Gasteiger partial charge >= 0.3 is 0 Å². The third kappa shape index (κ3) is 2.09. The molecule has 0 radical (unpaired) electrons. The van der Waals surface area contributed by atoms with Crippen LogP contribution < -0.4 is 0 Å². The molecule has 1 heterocycles. The van der Waals surface area contributed by atoms with Gasteiger partial charge in [-0.05, 0) is 22.6 Å². The van der Waals surface area contributed by atoms with Gasteiger partial charge in [0, 0.05) is 9.64 Å². The Balaban J connectivity index is 3.41. The summed E-state index contributed by atoms with van der Waals surface area (Å²) >= 11 is 1.61. The standard InChI is InChI=1S/C7H2F3IN2/c8-5-1-4(11)3(2-12)6(13-5)7(9)10/h1,7H. The Morgan fingerprint density at radius 3 is 2.62 bits per heavy atom. The summed E-state index contributed by atoms with van der Waals surface area (Å²) in [5.74, 6) is -1.00. The van der Waals surface area contributed by atoms with Crippen molar-refractivity contribution in [1.82, 2.24) is 4.98 Å². The molecule has 6 heteroatoms. The van der Waals surface area contributed by atoms with E-state index >= 15 is 0 Å². The van der Waals surface area contributed by atoms with E-state index < -0.39 is 18.1 Å². The lowest BCUT2D eigenvalue weighted by molar-refractivity contribution is 0.144. The molecule has 68 valence electrons. The predicted molar refractivity (Wildman–Crippen MR) is 46.6 cm³/mol. The van der Waals surface area contributed by atoms with E-state index in [1.807, 2.05) is 0 Å². The molecule has 13 heavy (non-hydrogen) atoms. The Morgan fingerprint density at radius 1 is 1.54 bits per heavy atom. The molecule has 0 fully saturated rings. The van der Waals surface area contributed by atoms with Crippen LogP contribution in [-0.4, -0.2) is 4.98 Å². The van der Waals surface area contributed by atoms with E-state index in [9.17, 15) is 13.2 Å². The van der Waals surface area contributed by atoms with Crippen LogP contribution in [-0.2, 0) is 0 Å². The van der Waals surface area contributed by atoms with Crippen LogP contribution in [0.15, 0.2) is 6.07 Å². The number of halogens is 4. The number of pyridine rings is 1. The Labute approximate surface area is 85.5 Å². The highest BCUT2D eigenvalue weighted by Crippen LogP contribution is 2.24. The fourth-order valence-corrected chi connectivity index (χ4v) is 1.42. The van der Waals surface area contributed by atoms with Gasteiger partial charge in [-0.15, -0.1) is 0 Å². The average molecular weight is 298 g/mol. The average Bonchev–Trinajstić information content (AvgIpc) is 2.02. The summed E-state index contributed by atoms with van der Waals surface area (Å²) in [5.41, 5.74) is -1.07. The zero-order chi connectivity index (χ0) is 10.0. The molecule has 0 bridgehead atoms. The van der Waals surface area contributed by atoms with Gasteiger partial charge in [-0.1, -0.05) is 0 Å². The maximum Gasteiger partial charge on any atom is 0.281 e. The van der Waals surface area contributed by atoms with Gasteiger partial charge in [-0.3, -0.25) is 0 Å². The van der Waals surface area contributed by atoms with Crippen LogP contribution in [0.5, 0.6) is 0 Å². The van der Waals surface area contributed by atoms with Crippen molar-refractivity contribution >= 4 is 22.6 Å². The van der Waals surface area contributed by atoms with Gasteiger partial charge in [-0.25, -0.2) is 13.8 Å². The topological polar surface area (TPSA) is 36.7 Å². The molecule has 0 aliphatic heterocycles. The molecule has 1 aromatic rings. The molecule has 1 rings (SSSR count). The summed E-state index contributed by atoms with van der Waals surface area (Å²) in [4.78, 5) is 2.96. The first-order valence-corrected chi connectivity index (χ1v) is 4.18. The minimum absolute atomic E-state index is 0.142. The van der Waals surface area contributed by atoms with E-state index in [1.165, 1.54) is 0 Å². The van der Waals surface area contributed by atoms with Crippen molar-refractivity contribution in [2.75, 3.05) is 0 Å². The molecule has 0 atom stereocenters. The van der Waals surface area contributed by atoms with Crippen LogP contribution in [0.1, 0.15) is 17.7 Å². The molecule has 2 nitrogen and oxygen atoms in total. The van der Waals surface area contributed by atoms with Crippen molar-refractivity contribution < 1.29 is 13.2 Å². The number of hydrogen-bond acceptors (Lipinski definition) is 2. The van der Waals surface area contributed by atoms with Crippen LogP contribution in [0, 0.1) is 20.8 Å². The van der Waals surface area contributed by atoms with Crippen molar-refractivity contribution in [3.8, 4) is 6.07 Å². The number of alkyl halides is 2. The highest BCUT2D eigenvalue weighted by Gasteiger charge is 2.18. The number of rotatable bonds is 1. The molecule has 0 unspecified atom stereocenters. The monoisotopic (exact) mass is 298 g/mol. The Bertz CT molecular complexity index is 373. The normalized spacial score (nSPS) is 10.2. The number of hydrogen-bond donors (Lipinski definition) is 0. The van der Waals surface area contributed by atoms with Crippen LogP contribution in [0.3, 0.4) is 0 Å². The van der Waals surface area contributed by atoms with Crippen molar-refractivity contribution in [3.63, 3.8) is 0 Å². The van der Waals surface area contributed by atoms with Crippen LogP contribution in [0.4, 0.5) is 13.2 Å². The Hall–Kier alpha value is -0.840. The Morgan fingerprint density at radius 2 is 2.15 bits per heavy atom. The minimum atomic E-state index is -2.93. The van der Waals surface area contributed by atoms with Crippen LogP contribution in [0.2, 0.25) is 0 Å². The number of nitrogens with zero attached hydrogens (tertiary/aromatic N) is 2. The largest absolute Gasteiger partial charge is 0.281 e. The third-order valence-electron chi connectivity index (χ3n) is 1.29. The lowest BCUT2D eigenvalue weighted by atomic mass is 10.2. The fourth-order valence-electron chi connectivity index (χ4n) is 0.771. The molecule has 0 saturated carbocycles. The number of nitriles is 1. The molecule has 0 N–H and O–H groups in total.